The molecule has 118 valence electrons. The van der Waals surface area contributed by atoms with Crippen LogP contribution in [0.15, 0.2) is 6.20 Å². The molecule has 0 radical (unpaired) electrons. The van der Waals surface area contributed by atoms with E-state index >= 15 is 0 Å². The molecule has 0 saturated heterocycles. The smallest absolute Gasteiger partial charge is 0.260 e. The van der Waals surface area contributed by atoms with Gasteiger partial charge in [0.25, 0.3) is 5.91 Å². The van der Waals surface area contributed by atoms with E-state index in [1.54, 1.807) is 0 Å². The van der Waals surface area contributed by atoms with Crippen molar-refractivity contribution in [3.05, 3.63) is 11.1 Å². The van der Waals surface area contributed by atoms with E-state index in [4.69, 9.17) is 5.73 Å². The molecular formula is C16H21N3O2S. The molecule has 4 bridgehead atoms. The first-order valence-electron chi connectivity index (χ1n) is 8.07. The van der Waals surface area contributed by atoms with E-state index in [9.17, 15) is 9.59 Å². The number of amides is 2. The summed E-state index contributed by atoms with van der Waals surface area (Å²) in [5, 5.41) is 3.33. The first-order valence-corrected chi connectivity index (χ1v) is 8.88. The molecule has 1 heterocycles. The van der Waals surface area contributed by atoms with E-state index in [2.05, 4.69) is 10.3 Å². The Balaban J connectivity index is 1.42. The SMILES string of the molecule is NC(=O)c1cnc(NC(=O)CC23CC4CC(CC(C4)C2)C3)s1. The number of carbonyl (C=O) groups excluding carboxylic acids is 2. The Kier molecular flexibility index (Phi) is 3.25. The third-order valence-electron chi connectivity index (χ3n) is 5.70. The Hall–Kier alpha value is -1.43. The van der Waals surface area contributed by atoms with Gasteiger partial charge in [-0.15, -0.1) is 0 Å². The van der Waals surface area contributed by atoms with Gasteiger partial charge in [0.05, 0.1) is 6.20 Å². The topological polar surface area (TPSA) is 85.1 Å². The third kappa shape index (κ3) is 2.53. The molecule has 4 fully saturated rings. The Morgan fingerprint density at radius 3 is 2.32 bits per heavy atom. The maximum Gasteiger partial charge on any atom is 0.260 e. The number of rotatable bonds is 4. The molecule has 2 amide bonds. The van der Waals surface area contributed by atoms with Crippen LogP contribution in [0, 0.1) is 23.2 Å². The van der Waals surface area contributed by atoms with Gasteiger partial charge < -0.3 is 11.1 Å². The monoisotopic (exact) mass is 319 g/mol. The fourth-order valence-corrected chi connectivity index (χ4v) is 6.14. The molecule has 1 aromatic heterocycles. The predicted molar refractivity (Wildman–Crippen MR) is 84.5 cm³/mol. The average molecular weight is 319 g/mol. The summed E-state index contributed by atoms with van der Waals surface area (Å²) in [6, 6.07) is 0. The van der Waals surface area contributed by atoms with Gasteiger partial charge in [0, 0.05) is 6.42 Å². The second-order valence-electron chi connectivity index (χ2n) is 7.54. The van der Waals surface area contributed by atoms with Gasteiger partial charge >= 0.3 is 0 Å². The van der Waals surface area contributed by atoms with Crippen LogP contribution in [0.3, 0.4) is 0 Å². The van der Waals surface area contributed by atoms with Crippen LogP contribution < -0.4 is 11.1 Å². The Morgan fingerprint density at radius 1 is 1.23 bits per heavy atom. The molecule has 0 aromatic carbocycles. The summed E-state index contributed by atoms with van der Waals surface area (Å²) in [4.78, 5) is 27.9. The van der Waals surface area contributed by atoms with Crippen molar-refractivity contribution in [1.29, 1.82) is 0 Å². The Bertz CT molecular complexity index is 589. The van der Waals surface area contributed by atoms with E-state index in [1.165, 1.54) is 44.7 Å². The largest absolute Gasteiger partial charge is 0.365 e. The molecule has 4 aliphatic carbocycles. The number of primary amides is 1. The average Bonchev–Trinajstić information content (AvgIpc) is 2.84. The predicted octanol–water partition coefficient (Wildman–Crippen LogP) is 2.79. The molecular weight excluding hydrogens is 298 g/mol. The van der Waals surface area contributed by atoms with Gasteiger partial charge in [-0.05, 0) is 61.7 Å². The van der Waals surface area contributed by atoms with Crippen LogP contribution in [0.4, 0.5) is 5.13 Å². The minimum atomic E-state index is -0.501. The van der Waals surface area contributed by atoms with Gasteiger partial charge in [-0.1, -0.05) is 11.3 Å². The highest BCUT2D eigenvalue weighted by Gasteiger charge is 2.51. The molecule has 1 aromatic rings. The highest BCUT2D eigenvalue weighted by molar-refractivity contribution is 7.17. The molecule has 6 heteroatoms. The van der Waals surface area contributed by atoms with E-state index in [0.29, 0.717) is 16.4 Å². The van der Waals surface area contributed by atoms with Crippen molar-refractivity contribution < 1.29 is 9.59 Å². The fraction of sp³-hybridized carbons (Fsp3) is 0.688. The molecule has 0 unspecified atom stereocenters. The lowest BCUT2D eigenvalue weighted by Gasteiger charge is -2.56. The van der Waals surface area contributed by atoms with Crippen LogP contribution in [0.1, 0.15) is 54.6 Å². The molecule has 5 nitrogen and oxygen atoms in total. The number of hydrogen-bond acceptors (Lipinski definition) is 4. The number of aromatic nitrogens is 1. The number of anilines is 1. The van der Waals surface area contributed by atoms with Crippen molar-refractivity contribution in [3.8, 4) is 0 Å². The number of hydrogen-bond donors (Lipinski definition) is 2. The highest BCUT2D eigenvalue weighted by atomic mass is 32.1. The molecule has 0 spiro atoms. The van der Waals surface area contributed by atoms with Crippen molar-refractivity contribution in [1.82, 2.24) is 4.98 Å². The van der Waals surface area contributed by atoms with Crippen molar-refractivity contribution in [2.75, 3.05) is 5.32 Å². The zero-order valence-electron chi connectivity index (χ0n) is 12.5. The lowest BCUT2D eigenvalue weighted by Crippen LogP contribution is -2.47. The molecule has 4 aliphatic rings. The third-order valence-corrected chi connectivity index (χ3v) is 6.62. The van der Waals surface area contributed by atoms with Crippen molar-refractivity contribution >= 4 is 28.3 Å². The summed E-state index contributed by atoms with van der Waals surface area (Å²) >= 11 is 1.14. The molecule has 5 rings (SSSR count). The number of nitrogens with one attached hydrogen (secondary N) is 1. The molecule has 4 saturated carbocycles. The van der Waals surface area contributed by atoms with E-state index in [0.717, 1.165) is 29.1 Å². The van der Waals surface area contributed by atoms with Crippen molar-refractivity contribution in [2.24, 2.45) is 28.9 Å². The summed E-state index contributed by atoms with van der Waals surface area (Å²) in [5.41, 5.74) is 5.44. The summed E-state index contributed by atoms with van der Waals surface area (Å²) in [6.07, 6.45) is 9.83. The van der Waals surface area contributed by atoms with Crippen molar-refractivity contribution in [3.63, 3.8) is 0 Å². The van der Waals surface area contributed by atoms with E-state index < -0.39 is 5.91 Å². The molecule has 0 atom stereocenters. The lowest BCUT2D eigenvalue weighted by atomic mass is 9.49. The standard InChI is InChI=1S/C16H21N3O2S/c17-14(21)12-8-18-15(22-12)19-13(20)7-16-4-9-1-10(5-16)3-11(2-9)6-16/h8-11H,1-7H2,(H2,17,21)(H,18,19,20). The van der Waals surface area contributed by atoms with Crippen LogP contribution in [-0.2, 0) is 4.79 Å². The highest BCUT2D eigenvalue weighted by Crippen LogP contribution is 2.61. The number of nitrogens with zero attached hydrogens (tertiary/aromatic N) is 1. The lowest BCUT2D eigenvalue weighted by molar-refractivity contribution is -0.124. The summed E-state index contributed by atoms with van der Waals surface area (Å²) in [6.45, 7) is 0. The van der Waals surface area contributed by atoms with Crippen LogP contribution in [0.25, 0.3) is 0 Å². The van der Waals surface area contributed by atoms with E-state index in [1.807, 2.05) is 0 Å². The zero-order chi connectivity index (χ0) is 15.3. The van der Waals surface area contributed by atoms with Gasteiger partial charge in [0.1, 0.15) is 4.88 Å². The quantitative estimate of drug-likeness (QED) is 0.895. The first-order chi connectivity index (χ1) is 10.5. The molecule has 3 N–H and O–H groups in total. The minimum absolute atomic E-state index is 0.0346. The maximum absolute atomic E-state index is 12.4. The zero-order valence-corrected chi connectivity index (χ0v) is 13.3. The van der Waals surface area contributed by atoms with Crippen LogP contribution >= 0.6 is 11.3 Å². The normalized spacial score (nSPS) is 35.5. The van der Waals surface area contributed by atoms with Crippen molar-refractivity contribution in [2.45, 2.75) is 44.9 Å². The van der Waals surface area contributed by atoms with Crippen LogP contribution in [-0.4, -0.2) is 16.8 Å². The second-order valence-corrected chi connectivity index (χ2v) is 8.57. The summed E-state index contributed by atoms with van der Waals surface area (Å²) in [5.74, 6) is 2.08. The van der Waals surface area contributed by atoms with Gasteiger partial charge in [-0.25, -0.2) is 4.98 Å². The summed E-state index contributed by atoms with van der Waals surface area (Å²) < 4.78 is 0. The second kappa shape index (κ2) is 5.05. The van der Waals surface area contributed by atoms with Crippen LogP contribution in [0.5, 0.6) is 0 Å². The van der Waals surface area contributed by atoms with Gasteiger partial charge in [0.2, 0.25) is 5.91 Å². The Labute approximate surface area is 133 Å². The van der Waals surface area contributed by atoms with E-state index in [-0.39, 0.29) is 11.3 Å². The Morgan fingerprint density at radius 2 is 1.82 bits per heavy atom. The van der Waals surface area contributed by atoms with Crippen LogP contribution in [0.2, 0.25) is 0 Å². The van der Waals surface area contributed by atoms with Gasteiger partial charge in [-0.3, -0.25) is 9.59 Å². The first kappa shape index (κ1) is 14.2. The fourth-order valence-electron chi connectivity index (χ4n) is 5.46. The minimum Gasteiger partial charge on any atom is -0.365 e. The number of carbonyl (C=O) groups is 2. The maximum atomic E-state index is 12.4. The van der Waals surface area contributed by atoms with Gasteiger partial charge in [-0.2, -0.15) is 0 Å². The van der Waals surface area contributed by atoms with Gasteiger partial charge in [0.15, 0.2) is 5.13 Å². The molecule has 0 aliphatic heterocycles. The number of nitrogens with two attached hydrogens (primary N) is 1. The summed E-state index contributed by atoms with van der Waals surface area (Å²) in [7, 11) is 0. The molecule has 22 heavy (non-hydrogen) atoms. The number of thiazole rings is 1.